The molecular formula is C13H20FNO2. The van der Waals surface area contributed by atoms with Crippen molar-refractivity contribution in [2.75, 3.05) is 13.2 Å². The van der Waals surface area contributed by atoms with Gasteiger partial charge in [-0.2, -0.15) is 0 Å². The van der Waals surface area contributed by atoms with Crippen LogP contribution in [0, 0.1) is 5.82 Å². The van der Waals surface area contributed by atoms with Crippen LogP contribution in [-0.2, 0) is 4.74 Å². The molecule has 0 aliphatic heterocycles. The van der Waals surface area contributed by atoms with Crippen LogP contribution in [0.15, 0.2) is 18.2 Å². The van der Waals surface area contributed by atoms with E-state index in [0.29, 0.717) is 18.7 Å². The minimum atomic E-state index is -0.394. The molecule has 2 N–H and O–H groups in total. The average molecular weight is 241 g/mol. The molecule has 0 aromatic heterocycles. The molecular weight excluding hydrogens is 221 g/mol. The third kappa shape index (κ3) is 4.71. The number of halogens is 1. The molecule has 0 bridgehead atoms. The molecule has 0 saturated carbocycles. The van der Waals surface area contributed by atoms with E-state index in [2.05, 4.69) is 5.32 Å². The van der Waals surface area contributed by atoms with Crippen molar-refractivity contribution in [3.8, 4) is 5.75 Å². The topological polar surface area (TPSA) is 41.5 Å². The summed E-state index contributed by atoms with van der Waals surface area (Å²) < 4.78 is 18.9. The van der Waals surface area contributed by atoms with Crippen LogP contribution in [-0.4, -0.2) is 24.4 Å². The maximum Gasteiger partial charge on any atom is 0.131 e. The predicted octanol–water partition coefficient (Wildman–Crippen LogP) is 2.61. The van der Waals surface area contributed by atoms with E-state index in [1.54, 1.807) is 6.07 Å². The number of benzene rings is 1. The van der Waals surface area contributed by atoms with Crippen molar-refractivity contribution in [2.24, 2.45) is 0 Å². The molecule has 1 atom stereocenters. The highest BCUT2D eigenvalue weighted by molar-refractivity contribution is 5.29. The van der Waals surface area contributed by atoms with E-state index in [1.165, 1.54) is 6.07 Å². The van der Waals surface area contributed by atoms with E-state index in [1.807, 2.05) is 20.8 Å². The molecule has 0 aliphatic rings. The molecule has 0 amide bonds. The van der Waals surface area contributed by atoms with Crippen molar-refractivity contribution in [3.63, 3.8) is 0 Å². The zero-order valence-corrected chi connectivity index (χ0v) is 10.5. The van der Waals surface area contributed by atoms with Gasteiger partial charge in [-0.25, -0.2) is 4.39 Å². The monoisotopic (exact) mass is 241 g/mol. The lowest BCUT2D eigenvalue weighted by Crippen LogP contribution is -2.25. The minimum absolute atomic E-state index is 0.0541. The molecule has 3 nitrogen and oxygen atoms in total. The molecule has 1 unspecified atom stereocenters. The Bertz CT molecular complexity index is 355. The van der Waals surface area contributed by atoms with Gasteiger partial charge < -0.3 is 15.2 Å². The van der Waals surface area contributed by atoms with Gasteiger partial charge in [-0.15, -0.1) is 0 Å². The molecule has 96 valence electrons. The van der Waals surface area contributed by atoms with Gasteiger partial charge in [0.05, 0.1) is 12.7 Å². The van der Waals surface area contributed by atoms with Crippen molar-refractivity contribution in [1.29, 1.82) is 0 Å². The fourth-order valence-electron chi connectivity index (χ4n) is 1.55. The second-order valence-corrected chi connectivity index (χ2v) is 4.30. The van der Waals surface area contributed by atoms with Crippen molar-refractivity contribution < 1.29 is 14.2 Å². The molecule has 0 saturated heterocycles. The van der Waals surface area contributed by atoms with E-state index >= 15 is 0 Å². The molecule has 1 aromatic rings. The summed E-state index contributed by atoms with van der Waals surface area (Å²) in [4.78, 5) is 0. The number of hydrogen-bond donors (Lipinski definition) is 2. The number of hydrogen-bond acceptors (Lipinski definition) is 3. The third-order valence-electron chi connectivity index (χ3n) is 2.45. The number of aromatic hydroxyl groups is 1. The van der Waals surface area contributed by atoms with Crippen molar-refractivity contribution in [2.45, 2.75) is 32.9 Å². The Balaban J connectivity index is 2.44. The molecule has 0 spiro atoms. The maximum atomic E-state index is 13.5. The summed E-state index contributed by atoms with van der Waals surface area (Å²) >= 11 is 0. The van der Waals surface area contributed by atoms with Crippen LogP contribution in [0.5, 0.6) is 5.75 Å². The van der Waals surface area contributed by atoms with Gasteiger partial charge in [0.25, 0.3) is 0 Å². The highest BCUT2D eigenvalue weighted by Crippen LogP contribution is 2.20. The van der Waals surface area contributed by atoms with Crippen molar-refractivity contribution in [1.82, 2.24) is 5.32 Å². The Kier molecular flexibility index (Phi) is 5.38. The van der Waals surface area contributed by atoms with Crippen molar-refractivity contribution >= 4 is 0 Å². The number of rotatable bonds is 6. The summed E-state index contributed by atoms with van der Waals surface area (Å²) in [5, 5.41) is 12.3. The summed E-state index contributed by atoms with van der Waals surface area (Å²) in [5.74, 6) is -0.448. The van der Waals surface area contributed by atoms with Gasteiger partial charge in [0, 0.05) is 24.2 Å². The van der Waals surface area contributed by atoms with E-state index in [4.69, 9.17) is 9.84 Å². The second kappa shape index (κ2) is 6.57. The van der Waals surface area contributed by atoms with Gasteiger partial charge in [0.1, 0.15) is 11.6 Å². The molecule has 17 heavy (non-hydrogen) atoms. The lowest BCUT2D eigenvalue weighted by atomic mass is 10.1. The summed E-state index contributed by atoms with van der Waals surface area (Å²) in [6, 6.07) is 4.09. The fourth-order valence-corrected chi connectivity index (χ4v) is 1.55. The zero-order valence-electron chi connectivity index (χ0n) is 10.5. The summed E-state index contributed by atoms with van der Waals surface area (Å²) in [5.41, 5.74) is 0.548. The van der Waals surface area contributed by atoms with Gasteiger partial charge in [-0.05, 0) is 26.8 Å². The first-order valence-electron chi connectivity index (χ1n) is 5.84. The van der Waals surface area contributed by atoms with Gasteiger partial charge in [-0.3, -0.25) is 0 Å². The highest BCUT2D eigenvalue weighted by atomic mass is 19.1. The average Bonchev–Trinajstić information content (AvgIpc) is 2.23. The van der Waals surface area contributed by atoms with Crippen LogP contribution in [0.2, 0.25) is 0 Å². The highest BCUT2D eigenvalue weighted by Gasteiger charge is 2.10. The molecule has 0 heterocycles. The van der Waals surface area contributed by atoms with E-state index < -0.39 is 5.82 Å². The Morgan fingerprint density at radius 2 is 2.06 bits per heavy atom. The van der Waals surface area contributed by atoms with Crippen LogP contribution < -0.4 is 5.32 Å². The fraction of sp³-hybridized carbons (Fsp3) is 0.538. The molecule has 0 radical (unpaired) electrons. The lowest BCUT2D eigenvalue weighted by Gasteiger charge is -2.16. The predicted molar refractivity (Wildman–Crippen MR) is 65.6 cm³/mol. The van der Waals surface area contributed by atoms with Crippen LogP contribution >= 0.6 is 0 Å². The minimum Gasteiger partial charge on any atom is -0.508 e. The summed E-state index contributed by atoms with van der Waals surface area (Å²) in [6.45, 7) is 7.10. The first-order chi connectivity index (χ1) is 8.00. The Morgan fingerprint density at radius 1 is 1.35 bits per heavy atom. The van der Waals surface area contributed by atoms with Crippen LogP contribution in [0.1, 0.15) is 32.4 Å². The van der Waals surface area contributed by atoms with Crippen LogP contribution in [0.25, 0.3) is 0 Å². The normalized spacial score (nSPS) is 13.0. The molecule has 0 fully saturated rings. The van der Waals surface area contributed by atoms with Crippen LogP contribution in [0.3, 0.4) is 0 Å². The quantitative estimate of drug-likeness (QED) is 0.752. The first-order valence-corrected chi connectivity index (χ1v) is 5.84. The molecule has 1 aromatic carbocycles. The van der Waals surface area contributed by atoms with Gasteiger partial charge in [0.15, 0.2) is 0 Å². The largest absolute Gasteiger partial charge is 0.508 e. The van der Waals surface area contributed by atoms with E-state index in [0.717, 1.165) is 6.07 Å². The number of ether oxygens (including phenoxy) is 1. The molecule has 0 aliphatic carbocycles. The number of nitrogens with one attached hydrogen (secondary N) is 1. The maximum absolute atomic E-state index is 13.5. The Hall–Kier alpha value is -1.13. The molecule has 1 rings (SSSR count). The van der Waals surface area contributed by atoms with Gasteiger partial charge in [0.2, 0.25) is 0 Å². The van der Waals surface area contributed by atoms with Crippen molar-refractivity contribution in [3.05, 3.63) is 29.6 Å². The third-order valence-corrected chi connectivity index (χ3v) is 2.45. The Labute approximate surface area is 102 Å². The van der Waals surface area contributed by atoms with Gasteiger partial charge in [-0.1, -0.05) is 6.07 Å². The van der Waals surface area contributed by atoms with E-state index in [9.17, 15) is 4.39 Å². The smallest absolute Gasteiger partial charge is 0.131 e. The van der Waals surface area contributed by atoms with Gasteiger partial charge >= 0.3 is 0 Å². The van der Waals surface area contributed by atoms with Crippen LogP contribution in [0.4, 0.5) is 4.39 Å². The summed E-state index contributed by atoms with van der Waals surface area (Å²) in [7, 11) is 0. The standard InChI is InChI=1S/C13H20FNO2/c1-9(2)17-7-6-15-10(3)12-5-4-11(16)8-13(12)14/h4-5,8-10,15-16H,6-7H2,1-3H3. The first kappa shape index (κ1) is 13.9. The zero-order chi connectivity index (χ0) is 12.8. The molecule has 4 heteroatoms. The lowest BCUT2D eigenvalue weighted by molar-refractivity contribution is 0.0795. The Morgan fingerprint density at radius 3 is 2.65 bits per heavy atom. The SMILES string of the molecule is CC(C)OCCNC(C)c1ccc(O)cc1F. The number of phenolic OH excluding ortho intramolecular Hbond substituents is 1. The summed E-state index contributed by atoms with van der Waals surface area (Å²) in [6.07, 6.45) is 0.206. The second-order valence-electron chi connectivity index (χ2n) is 4.30. The van der Waals surface area contributed by atoms with E-state index in [-0.39, 0.29) is 17.9 Å². The number of phenols is 1.